The van der Waals surface area contributed by atoms with E-state index in [0.29, 0.717) is 25.8 Å². The molecule has 3 aliphatic rings. The molecule has 2 unspecified atom stereocenters. The minimum Gasteiger partial charge on any atom is -0.480 e. The van der Waals surface area contributed by atoms with Gasteiger partial charge in [0.2, 0.25) is 11.8 Å². The molecule has 1 fully saturated rings. The lowest BCUT2D eigenvalue weighted by atomic mass is 9.79. The molecule has 3 amide bonds. The number of rotatable bonds is 4. The van der Waals surface area contributed by atoms with Crippen LogP contribution in [0, 0.1) is 5.41 Å². The average Bonchev–Trinajstić information content (AvgIpc) is 3.35. The molecular formula is C25H27N3O4. The van der Waals surface area contributed by atoms with Crippen molar-refractivity contribution >= 4 is 17.7 Å². The molecule has 0 saturated carbocycles. The third kappa shape index (κ3) is 3.72. The fourth-order valence-corrected chi connectivity index (χ4v) is 5.00. The monoisotopic (exact) mass is 433 g/mol. The Bertz CT molecular complexity index is 1060. The third-order valence-electron chi connectivity index (χ3n) is 6.88. The van der Waals surface area contributed by atoms with Crippen LogP contribution in [0.25, 0.3) is 0 Å². The van der Waals surface area contributed by atoms with Gasteiger partial charge >= 0.3 is 0 Å². The highest BCUT2D eigenvalue weighted by molar-refractivity contribution is 5.90. The maximum absolute atomic E-state index is 13.2. The first kappa shape index (κ1) is 20.5. The third-order valence-corrected chi connectivity index (χ3v) is 6.88. The number of benzene rings is 2. The summed E-state index contributed by atoms with van der Waals surface area (Å²) < 4.78 is 5.86. The first-order chi connectivity index (χ1) is 15.4. The molecule has 0 bridgehead atoms. The van der Waals surface area contributed by atoms with Crippen molar-refractivity contribution < 1.29 is 19.1 Å². The Kier molecular flexibility index (Phi) is 5.12. The number of nitrogens with one attached hydrogen (secondary N) is 3. The van der Waals surface area contributed by atoms with Crippen LogP contribution in [0.5, 0.6) is 5.75 Å². The number of ether oxygens (including phenoxy) is 1. The summed E-state index contributed by atoms with van der Waals surface area (Å²) >= 11 is 0. The molecule has 2 aromatic carbocycles. The number of fused-ring (bicyclic) bond motifs is 2. The van der Waals surface area contributed by atoms with Gasteiger partial charge in [0.25, 0.3) is 5.91 Å². The Hall–Kier alpha value is -3.35. The number of para-hydroxylation sites is 1. The van der Waals surface area contributed by atoms with Crippen molar-refractivity contribution in [1.29, 1.82) is 0 Å². The zero-order valence-electron chi connectivity index (χ0n) is 18.0. The van der Waals surface area contributed by atoms with E-state index in [9.17, 15) is 14.4 Å². The molecule has 1 aliphatic carbocycles. The molecule has 2 aromatic rings. The van der Waals surface area contributed by atoms with Crippen LogP contribution in [0.15, 0.2) is 48.5 Å². The molecule has 2 aliphatic heterocycles. The maximum Gasteiger partial charge on any atom is 0.261 e. The number of hydrogen-bond acceptors (Lipinski definition) is 4. The fraction of sp³-hybridized carbons (Fsp3) is 0.400. The molecule has 3 N–H and O–H groups in total. The van der Waals surface area contributed by atoms with E-state index < -0.39 is 11.5 Å². The smallest absolute Gasteiger partial charge is 0.261 e. The van der Waals surface area contributed by atoms with Crippen LogP contribution in [0.1, 0.15) is 42.5 Å². The van der Waals surface area contributed by atoms with Gasteiger partial charge in [-0.2, -0.15) is 0 Å². The molecule has 166 valence electrons. The lowest BCUT2D eigenvalue weighted by Crippen LogP contribution is -2.53. The van der Waals surface area contributed by atoms with Crippen LogP contribution >= 0.6 is 0 Å². The van der Waals surface area contributed by atoms with Crippen molar-refractivity contribution in [1.82, 2.24) is 16.0 Å². The first-order valence-corrected chi connectivity index (χ1v) is 11.1. The van der Waals surface area contributed by atoms with E-state index >= 15 is 0 Å². The van der Waals surface area contributed by atoms with Gasteiger partial charge in [0, 0.05) is 19.4 Å². The quantitative estimate of drug-likeness (QED) is 0.685. The van der Waals surface area contributed by atoms with Crippen molar-refractivity contribution in [2.45, 2.75) is 50.8 Å². The van der Waals surface area contributed by atoms with Crippen molar-refractivity contribution in [2.24, 2.45) is 5.41 Å². The maximum atomic E-state index is 13.2. The van der Waals surface area contributed by atoms with E-state index in [4.69, 9.17) is 4.74 Å². The van der Waals surface area contributed by atoms with Gasteiger partial charge in [-0.15, -0.1) is 0 Å². The number of piperidine rings is 1. The largest absolute Gasteiger partial charge is 0.480 e. The lowest BCUT2D eigenvalue weighted by molar-refractivity contribution is -0.139. The molecule has 2 heterocycles. The highest BCUT2D eigenvalue weighted by Crippen LogP contribution is 2.35. The zero-order valence-corrected chi connectivity index (χ0v) is 18.0. The van der Waals surface area contributed by atoms with E-state index in [1.165, 1.54) is 0 Å². The van der Waals surface area contributed by atoms with Crippen LogP contribution in [-0.2, 0) is 27.2 Å². The van der Waals surface area contributed by atoms with Gasteiger partial charge in [-0.25, -0.2) is 0 Å². The summed E-state index contributed by atoms with van der Waals surface area (Å²) in [7, 11) is 0. The van der Waals surface area contributed by atoms with E-state index in [1.54, 1.807) is 0 Å². The van der Waals surface area contributed by atoms with Crippen molar-refractivity contribution in [3.8, 4) is 5.75 Å². The van der Waals surface area contributed by atoms with E-state index in [2.05, 4.69) is 16.0 Å². The topological polar surface area (TPSA) is 96.5 Å². The average molecular weight is 434 g/mol. The van der Waals surface area contributed by atoms with Gasteiger partial charge in [-0.3, -0.25) is 14.4 Å². The summed E-state index contributed by atoms with van der Waals surface area (Å²) in [4.78, 5) is 38.2. The van der Waals surface area contributed by atoms with Gasteiger partial charge in [-0.1, -0.05) is 49.4 Å². The number of carbonyl (C=O) groups excluding carboxylic acids is 3. The molecule has 0 radical (unpaired) electrons. The second-order valence-electron chi connectivity index (χ2n) is 9.22. The number of hydrogen-bond donors (Lipinski definition) is 3. The van der Waals surface area contributed by atoms with E-state index in [-0.39, 0.29) is 36.2 Å². The minimum absolute atomic E-state index is 0.105. The van der Waals surface area contributed by atoms with Crippen LogP contribution in [0.2, 0.25) is 0 Å². The van der Waals surface area contributed by atoms with Crippen LogP contribution in [-0.4, -0.2) is 36.4 Å². The summed E-state index contributed by atoms with van der Waals surface area (Å²) in [5.74, 6) is 0.304. The minimum atomic E-state index is -0.748. The molecule has 7 heteroatoms. The molecule has 4 atom stereocenters. The summed E-state index contributed by atoms with van der Waals surface area (Å²) in [6.45, 7) is 2.33. The molecule has 0 aromatic heterocycles. The highest BCUT2D eigenvalue weighted by Gasteiger charge is 2.42. The molecule has 0 spiro atoms. The first-order valence-electron chi connectivity index (χ1n) is 11.1. The Labute approximate surface area is 186 Å². The van der Waals surface area contributed by atoms with E-state index in [1.807, 2.05) is 55.5 Å². The van der Waals surface area contributed by atoms with Crippen molar-refractivity contribution in [3.63, 3.8) is 0 Å². The normalized spacial score (nSPS) is 28.2. The van der Waals surface area contributed by atoms with E-state index in [0.717, 1.165) is 22.4 Å². The van der Waals surface area contributed by atoms with Crippen molar-refractivity contribution in [2.75, 3.05) is 6.54 Å². The van der Waals surface area contributed by atoms with Gasteiger partial charge in [0.15, 0.2) is 6.10 Å². The standard InChI is InChI=1S/C25H27N3O4/c1-25(10-11-26-21(29)14-25)24(31)27-18-12-15-6-2-4-8-17(15)22(18)28-23(30)20-13-16-7-3-5-9-19(16)32-20/h2-9,18,20,22H,10-14H2,1H3,(H,26,29)(H,27,31)(H,28,30)/t18-,20?,22-,25?/m1/s1. The second kappa shape index (κ2) is 7.97. The Morgan fingerprint density at radius 3 is 2.56 bits per heavy atom. The SMILES string of the molecule is CC1(C(=O)N[C@@H]2Cc3ccccc3[C@H]2NC(=O)C2Cc3ccccc3O2)CCNC(=O)C1. The Morgan fingerprint density at radius 2 is 1.78 bits per heavy atom. The zero-order chi connectivity index (χ0) is 22.3. The van der Waals surface area contributed by atoms with Gasteiger partial charge in [0.1, 0.15) is 5.75 Å². The summed E-state index contributed by atoms with van der Waals surface area (Å²) in [6.07, 6.45) is 1.33. The van der Waals surface area contributed by atoms with Gasteiger partial charge < -0.3 is 20.7 Å². The van der Waals surface area contributed by atoms with Crippen LogP contribution in [0.3, 0.4) is 0 Å². The lowest BCUT2D eigenvalue weighted by Gasteiger charge is -2.34. The van der Waals surface area contributed by atoms with Crippen LogP contribution < -0.4 is 20.7 Å². The Balaban J connectivity index is 1.32. The predicted octanol–water partition coefficient (Wildman–Crippen LogP) is 1.80. The summed E-state index contributed by atoms with van der Waals surface area (Å²) in [6, 6.07) is 15.0. The van der Waals surface area contributed by atoms with Gasteiger partial charge in [-0.05, 0) is 35.6 Å². The molecule has 32 heavy (non-hydrogen) atoms. The fourth-order valence-electron chi connectivity index (χ4n) is 5.00. The highest BCUT2D eigenvalue weighted by atomic mass is 16.5. The summed E-state index contributed by atoms with van der Waals surface area (Å²) in [5, 5.41) is 9.06. The molecule has 7 nitrogen and oxygen atoms in total. The molecule has 1 saturated heterocycles. The molecule has 5 rings (SSSR count). The van der Waals surface area contributed by atoms with Gasteiger partial charge in [0.05, 0.1) is 17.5 Å². The number of carbonyl (C=O) groups is 3. The Morgan fingerprint density at radius 1 is 1.03 bits per heavy atom. The molecular weight excluding hydrogens is 406 g/mol. The van der Waals surface area contributed by atoms with Crippen LogP contribution in [0.4, 0.5) is 0 Å². The van der Waals surface area contributed by atoms with Crippen molar-refractivity contribution in [3.05, 3.63) is 65.2 Å². The second-order valence-corrected chi connectivity index (χ2v) is 9.22. The predicted molar refractivity (Wildman–Crippen MR) is 118 cm³/mol. The summed E-state index contributed by atoms with van der Waals surface area (Å²) in [5.41, 5.74) is 2.38. The number of amides is 3.